The van der Waals surface area contributed by atoms with Crippen molar-refractivity contribution in [3.05, 3.63) is 0 Å². The molecule has 1 atom stereocenters. The van der Waals surface area contributed by atoms with Gasteiger partial charge in [-0.25, -0.2) is 4.72 Å². The van der Waals surface area contributed by atoms with Gasteiger partial charge in [-0.05, 0) is 32.2 Å². The van der Waals surface area contributed by atoms with Crippen molar-refractivity contribution >= 4 is 10.2 Å². The van der Waals surface area contributed by atoms with E-state index in [0.717, 1.165) is 45.1 Å². The summed E-state index contributed by atoms with van der Waals surface area (Å²) in [5.74, 6) is 0. The topological polar surface area (TPSA) is 70.2 Å². The first-order valence-corrected chi connectivity index (χ1v) is 8.14. The Morgan fingerprint density at radius 3 is 2.47 bits per heavy atom. The molecule has 100 valence electrons. The Hall–Kier alpha value is -0.170. The van der Waals surface area contributed by atoms with Gasteiger partial charge < -0.3 is 5.32 Å². The lowest BCUT2D eigenvalue weighted by Gasteiger charge is -2.23. The van der Waals surface area contributed by atoms with Crippen LogP contribution in [-0.2, 0) is 10.2 Å². The van der Waals surface area contributed by atoms with Gasteiger partial charge in [0.05, 0.1) is 0 Å². The second-order valence-electron chi connectivity index (χ2n) is 5.10. The van der Waals surface area contributed by atoms with E-state index < -0.39 is 10.2 Å². The third-order valence-corrected chi connectivity index (χ3v) is 4.80. The molecule has 0 amide bonds. The monoisotopic (exact) mass is 261 g/mol. The van der Waals surface area contributed by atoms with E-state index in [0.29, 0.717) is 12.6 Å². The highest BCUT2D eigenvalue weighted by Crippen LogP contribution is 2.17. The zero-order valence-corrected chi connectivity index (χ0v) is 11.1. The van der Waals surface area contributed by atoms with Gasteiger partial charge in [0.15, 0.2) is 0 Å². The molecule has 1 heterocycles. The van der Waals surface area contributed by atoms with Gasteiger partial charge in [-0.2, -0.15) is 13.1 Å². The molecule has 0 unspecified atom stereocenters. The zero-order chi connectivity index (χ0) is 12.1. The van der Waals surface area contributed by atoms with Crippen molar-refractivity contribution in [3.8, 4) is 0 Å². The Labute approximate surface area is 104 Å². The first-order chi connectivity index (χ1) is 8.16. The van der Waals surface area contributed by atoms with Crippen LogP contribution in [-0.4, -0.2) is 33.6 Å². The molecule has 0 radical (unpaired) electrons. The normalized spacial score (nSPS) is 27.4. The van der Waals surface area contributed by atoms with E-state index in [9.17, 15) is 8.42 Å². The lowest BCUT2D eigenvalue weighted by molar-refractivity contribution is 0.409. The molecule has 2 rings (SSSR count). The summed E-state index contributed by atoms with van der Waals surface area (Å²) in [7, 11) is -3.31. The molecule has 2 fully saturated rings. The van der Waals surface area contributed by atoms with E-state index in [-0.39, 0.29) is 6.04 Å². The largest absolute Gasteiger partial charge is 0.313 e. The third kappa shape index (κ3) is 4.54. The maximum absolute atomic E-state index is 11.8. The molecule has 17 heavy (non-hydrogen) atoms. The molecular weight excluding hydrogens is 238 g/mol. The van der Waals surface area contributed by atoms with Crippen LogP contribution in [0.2, 0.25) is 0 Å². The van der Waals surface area contributed by atoms with Crippen LogP contribution in [0, 0.1) is 0 Å². The Balaban J connectivity index is 1.73. The van der Waals surface area contributed by atoms with Crippen molar-refractivity contribution < 1.29 is 8.42 Å². The fourth-order valence-corrected chi connectivity index (χ4v) is 3.80. The van der Waals surface area contributed by atoms with Crippen molar-refractivity contribution in [2.24, 2.45) is 0 Å². The van der Waals surface area contributed by atoms with Gasteiger partial charge in [0, 0.05) is 18.6 Å². The smallest absolute Gasteiger partial charge is 0.277 e. The summed E-state index contributed by atoms with van der Waals surface area (Å²) in [4.78, 5) is 0. The molecule has 1 aliphatic heterocycles. The first kappa shape index (κ1) is 13.3. The van der Waals surface area contributed by atoms with Gasteiger partial charge in [0.1, 0.15) is 0 Å². The number of nitrogens with one attached hydrogen (secondary N) is 3. The van der Waals surface area contributed by atoms with E-state index in [1.54, 1.807) is 0 Å². The molecule has 1 saturated heterocycles. The summed E-state index contributed by atoms with van der Waals surface area (Å²) in [6.07, 6.45) is 7.66. The summed E-state index contributed by atoms with van der Waals surface area (Å²) in [6.45, 7) is 1.50. The molecule has 0 spiro atoms. The van der Waals surface area contributed by atoms with Crippen LogP contribution >= 0.6 is 0 Å². The van der Waals surface area contributed by atoms with Gasteiger partial charge in [0.25, 0.3) is 10.2 Å². The summed E-state index contributed by atoms with van der Waals surface area (Å²) in [5, 5.41) is 3.28. The van der Waals surface area contributed by atoms with Crippen LogP contribution < -0.4 is 14.8 Å². The van der Waals surface area contributed by atoms with E-state index in [2.05, 4.69) is 14.8 Å². The fraction of sp³-hybridized carbons (Fsp3) is 1.00. The lowest BCUT2D eigenvalue weighted by Crippen LogP contribution is -2.46. The minimum atomic E-state index is -3.31. The highest BCUT2D eigenvalue weighted by Gasteiger charge is 2.21. The molecule has 2 aliphatic rings. The van der Waals surface area contributed by atoms with Crippen molar-refractivity contribution in [3.63, 3.8) is 0 Å². The van der Waals surface area contributed by atoms with Crippen LogP contribution in [0.4, 0.5) is 0 Å². The molecule has 5 nitrogen and oxygen atoms in total. The van der Waals surface area contributed by atoms with Crippen LogP contribution in [0.25, 0.3) is 0 Å². The predicted octanol–water partition coefficient (Wildman–Crippen LogP) is 0.495. The highest BCUT2D eigenvalue weighted by atomic mass is 32.2. The average Bonchev–Trinajstić information content (AvgIpc) is 2.80. The number of rotatable bonds is 5. The van der Waals surface area contributed by atoms with Crippen molar-refractivity contribution in [1.82, 2.24) is 14.8 Å². The quantitative estimate of drug-likeness (QED) is 0.675. The second kappa shape index (κ2) is 6.13. The Bertz CT molecular complexity index is 320. The van der Waals surface area contributed by atoms with E-state index in [1.807, 2.05) is 0 Å². The van der Waals surface area contributed by atoms with Gasteiger partial charge in [0.2, 0.25) is 0 Å². The molecule has 6 heteroatoms. The third-order valence-electron chi connectivity index (χ3n) is 3.61. The zero-order valence-electron chi connectivity index (χ0n) is 10.2. The molecule has 1 saturated carbocycles. The minimum absolute atomic E-state index is 0.137. The lowest BCUT2D eigenvalue weighted by atomic mass is 9.96. The Kier molecular flexibility index (Phi) is 4.78. The fourth-order valence-electron chi connectivity index (χ4n) is 2.62. The number of hydrogen-bond acceptors (Lipinski definition) is 3. The maximum Gasteiger partial charge on any atom is 0.277 e. The highest BCUT2D eigenvalue weighted by molar-refractivity contribution is 7.87. The maximum atomic E-state index is 11.8. The molecule has 3 N–H and O–H groups in total. The molecule has 0 bridgehead atoms. The minimum Gasteiger partial charge on any atom is -0.313 e. The summed E-state index contributed by atoms with van der Waals surface area (Å²) in [6, 6.07) is 0.440. The molecule has 0 aromatic heterocycles. The Morgan fingerprint density at radius 2 is 1.82 bits per heavy atom. The van der Waals surface area contributed by atoms with Gasteiger partial charge >= 0.3 is 0 Å². The van der Waals surface area contributed by atoms with E-state index in [4.69, 9.17) is 0 Å². The van der Waals surface area contributed by atoms with Crippen molar-refractivity contribution in [2.75, 3.05) is 13.1 Å². The van der Waals surface area contributed by atoms with Crippen LogP contribution in [0.5, 0.6) is 0 Å². The second-order valence-corrected chi connectivity index (χ2v) is 6.63. The van der Waals surface area contributed by atoms with Crippen LogP contribution in [0.3, 0.4) is 0 Å². The predicted molar refractivity (Wildman–Crippen MR) is 68.0 cm³/mol. The van der Waals surface area contributed by atoms with Gasteiger partial charge in [-0.3, -0.25) is 0 Å². The van der Waals surface area contributed by atoms with Crippen LogP contribution in [0.15, 0.2) is 0 Å². The van der Waals surface area contributed by atoms with E-state index in [1.165, 1.54) is 6.42 Å². The summed E-state index contributed by atoms with van der Waals surface area (Å²) in [5.41, 5.74) is 0. The Morgan fingerprint density at radius 1 is 1.06 bits per heavy atom. The molecule has 0 aromatic carbocycles. The molecule has 0 aromatic rings. The SMILES string of the molecule is O=S(=O)(NC[C@@H]1CCCN1)NC1CCCCC1. The standard InChI is InChI=1S/C11H23N3O2S/c15-17(16,13-9-11-7-4-8-12-11)14-10-5-2-1-3-6-10/h10-14H,1-9H2/t11-/m0/s1. The first-order valence-electron chi connectivity index (χ1n) is 6.66. The summed E-state index contributed by atoms with van der Waals surface area (Å²) < 4.78 is 29.0. The summed E-state index contributed by atoms with van der Waals surface area (Å²) >= 11 is 0. The molecular formula is C11H23N3O2S. The van der Waals surface area contributed by atoms with Crippen LogP contribution in [0.1, 0.15) is 44.9 Å². The average molecular weight is 261 g/mol. The van der Waals surface area contributed by atoms with Crippen molar-refractivity contribution in [1.29, 1.82) is 0 Å². The van der Waals surface area contributed by atoms with Gasteiger partial charge in [-0.1, -0.05) is 19.3 Å². The van der Waals surface area contributed by atoms with E-state index >= 15 is 0 Å². The van der Waals surface area contributed by atoms with Gasteiger partial charge in [-0.15, -0.1) is 0 Å². The van der Waals surface area contributed by atoms with Crippen molar-refractivity contribution in [2.45, 2.75) is 57.0 Å². The number of hydrogen-bond donors (Lipinski definition) is 3. The molecule has 1 aliphatic carbocycles.